The van der Waals surface area contributed by atoms with E-state index < -0.39 is 0 Å². The number of benzene rings is 1. The molecule has 1 heterocycles. The van der Waals surface area contributed by atoms with Gasteiger partial charge in [-0.3, -0.25) is 0 Å². The first-order chi connectivity index (χ1) is 7.79. The molecule has 1 aliphatic heterocycles. The van der Waals surface area contributed by atoms with Gasteiger partial charge in [0.2, 0.25) is 5.52 Å². The number of thioether (sulfide) groups is 1. The van der Waals surface area contributed by atoms with E-state index in [0.29, 0.717) is 0 Å². The Morgan fingerprint density at radius 2 is 2.00 bits per heavy atom. The van der Waals surface area contributed by atoms with E-state index in [4.69, 9.17) is 0 Å². The van der Waals surface area contributed by atoms with E-state index in [9.17, 15) is 0 Å². The van der Waals surface area contributed by atoms with Crippen molar-refractivity contribution in [3.63, 3.8) is 0 Å². The Bertz CT molecular complexity index is 627. The molecule has 1 aliphatic carbocycles. The van der Waals surface area contributed by atoms with Crippen LogP contribution >= 0.6 is 23.3 Å². The number of hydrogen-bond acceptors (Lipinski definition) is 2. The van der Waals surface area contributed by atoms with Crippen LogP contribution in [0.15, 0.2) is 41.3 Å². The Kier molecular flexibility index (Phi) is 2.37. The van der Waals surface area contributed by atoms with Gasteiger partial charge in [0.05, 0.1) is 5.39 Å². The van der Waals surface area contributed by atoms with Crippen molar-refractivity contribution in [1.29, 1.82) is 0 Å². The fourth-order valence-corrected chi connectivity index (χ4v) is 3.58. The SMILES string of the molecule is CSc1cc2s[n+](C)c3ccccc3c-2c1. The first-order valence-electron chi connectivity index (χ1n) is 5.15. The highest BCUT2D eigenvalue weighted by atomic mass is 32.2. The van der Waals surface area contributed by atoms with E-state index in [0.717, 1.165) is 0 Å². The van der Waals surface area contributed by atoms with Gasteiger partial charge >= 0.3 is 0 Å². The topological polar surface area (TPSA) is 3.88 Å². The van der Waals surface area contributed by atoms with Crippen LogP contribution in [-0.2, 0) is 7.05 Å². The third-order valence-electron chi connectivity index (χ3n) is 2.83. The fraction of sp³-hybridized carbons (Fsp3) is 0.154. The second-order valence-corrected chi connectivity index (χ2v) is 5.83. The Balaban J connectivity index is 2.47. The highest BCUT2D eigenvalue weighted by Crippen LogP contribution is 2.36. The van der Waals surface area contributed by atoms with Gasteiger partial charge in [-0.15, -0.1) is 15.7 Å². The molecule has 3 rings (SSSR count). The Hall–Kier alpha value is -1.06. The van der Waals surface area contributed by atoms with Crippen LogP contribution in [0.25, 0.3) is 21.3 Å². The van der Waals surface area contributed by atoms with Gasteiger partial charge in [0, 0.05) is 16.5 Å². The largest absolute Gasteiger partial charge is 0.226 e. The van der Waals surface area contributed by atoms with E-state index in [1.165, 1.54) is 26.2 Å². The third-order valence-corrected chi connectivity index (χ3v) is 4.54. The fourth-order valence-electron chi connectivity index (χ4n) is 2.04. The molecule has 0 atom stereocenters. The first-order valence-corrected chi connectivity index (χ1v) is 7.15. The number of hydrogen-bond donors (Lipinski definition) is 0. The van der Waals surface area contributed by atoms with Gasteiger partial charge in [-0.05, 0) is 24.5 Å². The summed E-state index contributed by atoms with van der Waals surface area (Å²) in [5.74, 6) is 0. The third kappa shape index (κ3) is 1.43. The summed E-state index contributed by atoms with van der Waals surface area (Å²) in [6, 6.07) is 13.2. The van der Waals surface area contributed by atoms with Gasteiger partial charge in [0.1, 0.15) is 16.4 Å². The average molecular weight is 246 g/mol. The zero-order valence-corrected chi connectivity index (χ0v) is 10.9. The Morgan fingerprint density at radius 3 is 2.81 bits per heavy atom. The number of nitrogens with zero attached hydrogens (tertiary/aromatic N) is 1. The predicted octanol–water partition coefficient (Wildman–Crippen LogP) is 3.55. The predicted molar refractivity (Wildman–Crippen MR) is 71.4 cm³/mol. The smallest absolute Gasteiger partial charge is 0.136 e. The van der Waals surface area contributed by atoms with E-state index in [-0.39, 0.29) is 0 Å². The summed E-state index contributed by atoms with van der Waals surface area (Å²) in [6.45, 7) is 0. The molecule has 0 spiro atoms. The van der Waals surface area contributed by atoms with Crippen molar-refractivity contribution in [3.05, 3.63) is 36.4 Å². The summed E-state index contributed by atoms with van der Waals surface area (Å²) in [4.78, 5) is 2.72. The van der Waals surface area contributed by atoms with Crippen LogP contribution in [0.5, 0.6) is 0 Å². The minimum absolute atomic E-state index is 1.30. The second-order valence-electron chi connectivity index (χ2n) is 3.78. The van der Waals surface area contributed by atoms with Crippen molar-refractivity contribution in [3.8, 4) is 10.4 Å². The molecule has 0 aromatic heterocycles. The average Bonchev–Trinajstić information content (AvgIpc) is 2.72. The summed E-state index contributed by atoms with van der Waals surface area (Å²) in [7, 11) is 2.12. The molecule has 0 radical (unpaired) electrons. The number of para-hydroxylation sites is 1. The highest BCUT2D eigenvalue weighted by Gasteiger charge is 2.18. The molecule has 0 saturated carbocycles. The second kappa shape index (κ2) is 3.75. The molecule has 0 bridgehead atoms. The van der Waals surface area contributed by atoms with Crippen LogP contribution < -0.4 is 3.96 Å². The minimum atomic E-state index is 1.30. The molecular formula is C13H12NS2+. The van der Waals surface area contributed by atoms with Crippen LogP contribution in [0.1, 0.15) is 0 Å². The maximum atomic E-state index is 2.29. The molecule has 0 unspecified atom stereocenters. The zero-order chi connectivity index (χ0) is 11.1. The summed E-state index contributed by atoms with van der Waals surface area (Å²) in [6.07, 6.45) is 2.13. The lowest BCUT2D eigenvalue weighted by Crippen LogP contribution is -2.25. The number of fused-ring (bicyclic) bond motifs is 3. The van der Waals surface area contributed by atoms with Gasteiger partial charge in [-0.25, -0.2) is 0 Å². The van der Waals surface area contributed by atoms with Gasteiger partial charge in [-0.1, -0.05) is 12.1 Å². The Morgan fingerprint density at radius 1 is 1.19 bits per heavy atom. The van der Waals surface area contributed by atoms with Gasteiger partial charge < -0.3 is 0 Å². The molecule has 1 aromatic carbocycles. The maximum Gasteiger partial charge on any atom is 0.226 e. The van der Waals surface area contributed by atoms with Gasteiger partial charge in [-0.2, -0.15) is 0 Å². The van der Waals surface area contributed by atoms with Crippen LogP contribution in [0.3, 0.4) is 0 Å². The number of aromatic nitrogens is 1. The van der Waals surface area contributed by atoms with Crippen LogP contribution in [0.2, 0.25) is 0 Å². The molecule has 16 heavy (non-hydrogen) atoms. The van der Waals surface area contributed by atoms with E-state index in [1.807, 2.05) is 11.5 Å². The molecule has 80 valence electrons. The van der Waals surface area contributed by atoms with Crippen LogP contribution in [-0.4, -0.2) is 6.26 Å². The lowest BCUT2D eigenvalue weighted by atomic mass is 10.1. The van der Waals surface area contributed by atoms with Crippen LogP contribution in [0, 0.1) is 0 Å². The van der Waals surface area contributed by atoms with Gasteiger partial charge in [0.15, 0.2) is 7.05 Å². The maximum absolute atomic E-state index is 2.29. The molecule has 0 fully saturated rings. The molecule has 3 heteroatoms. The monoisotopic (exact) mass is 246 g/mol. The summed E-state index contributed by atoms with van der Waals surface area (Å²) >= 11 is 3.62. The minimum Gasteiger partial charge on any atom is -0.136 e. The zero-order valence-electron chi connectivity index (χ0n) is 9.23. The molecule has 0 amide bonds. The van der Waals surface area contributed by atoms with Crippen molar-refractivity contribution >= 4 is 34.2 Å². The number of rotatable bonds is 1. The van der Waals surface area contributed by atoms with Crippen molar-refractivity contribution in [2.75, 3.05) is 6.26 Å². The molecule has 1 aromatic rings. The van der Waals surface area contributed by atoms with E-state index >= 15 is 0 Å². The molecule has 2 aliphatic rings. The quantitative estimate of drug-likeness (QED) is 0.469. The van der Waals surface area contributed by atoms with E-state index in [1.54, 1.807) is 11.8 Å². The first kappa shape index (κ1) is 10.1. The van der Waals surface area contributed by atoms with Crippen molar-refractivity contribution < 1.29 is 3.96 Å². The molecule has 0 N–H and O–H groups in total. The normalized spacial score (nSPS) is 11.4. The summed E-state index contributed by atoms with van der Waals surface area (Å²) in [5, 5.41) is 1.35. The lowest BCUT2D eigenvalue weighted by molar-refractivity contribution is -0.574. The van der Waals surface area contributed by atoms with Gasteiger partial charge in [0.25, 0.3) is 0 Å². The standard InChI is InChI=1S/C13H12NS2/c1-14-12-6-4-3-5-10(12)11-7-9(15-2)8-13(11)16-14/h3-8H,1-2H3/q+1. The highest BCUT2D eigenvalue weighted by molar-refractivity contribution is 7.98. The lowest BCUT2D eigenvalue weighted by Gasteiger charge is -2.00. The molecule has 0 saturated heterocycles. The summed E-state index contributed by atoms with van der Waals surface area (Å²) < 4.78 is 2.24. The molecule has 1 nitrogen and oxygen atoms in total. The number of aryl methyl sites for hydroxylation is 1. The Labute approximate surface area is 103 Å². The molecular weight excluding hydrogens is 234 g/mol. The van der Waals surface area contributed by atoms with Crippen molar-refractivity contribution in [2.24, 2.45) is 7.05 Å². The van der Waals surface area contributed by atoms with E-state index in [2.05, 4.69) is 53.7 Å². The van der Waals surface area contributed by atoms with Crippen LogP contribution in [0.4, 0.5) is 0 Å². The summed E-state index contributed by atoms with van der Waals surface area (Å²) in [5.41, 5.74) is 2.68. The van der Waals surface area contributed by atoms with Crippen molar-refractivity contribution in [2.45, 2.75) is 4.90 Å². The van der Waals surface area contributed by atoms with Crippen molar-refractivity contribution in [1.82, 2.24) is 0 Å².